The van der Waals surface area contributed by atoms with Gasteiger partial charge in [-0.05, 0) is 69.5 Å². The van der Waals surface area contributed by atoms with Gasteiger partial charge in [-0.1, -0.05) is 30.3 Å². The van der Waals surface area contributed by atoms with Crippen molar-refractivity contribution in [1.82, 2.24) is 4.98 Å². The van der Waals surface area contributed by atoms with Crippen molar-refractivity contribution < 1.29 is 0 Å². The number of anilines is 3. The Kier molecular flexibility index (Phi) is 3.77. The van der Waals surface area contributed by atoms with Crippen molar-refractivity contribution in [3.8, 4) is 11.1 Å². The van der Waals surface area contributed by atoms with Crippen LogP contribution in [0.4, 0.5) is 17.1 Å². The van der Waals surface area contributed by atoms with Crippen molar-refractivity contribution in [3.05, 3.63) is 71.0 Å². The minimum atomic E-state index is 0.279. The number of pyridine rings is 1. The fraction of sp³-hybridized carbons (Fsp3) is 0.320. The summed E-state index contributed by atoms with van der Waals surface area (Å²) in [5, 5.41) is 0. The average Bonchev–Trinajstić information content (AvgIpc) is 3.16. The normalized spacial score (nSPS) is 17.1. The van der Waals surface area contributed by atoms with Crippen molar-refractivity contribution in [1.29, 1.82) is 0 Å². The molecule has 0 spiro atoms. The second-order valence-corrected chi connectivity index (χ2v) is 8.37. The Morgan fingerprint density at radius 2 is 1.68 bits per heavy atom. The number of rotatable bonds is 2. The van der Waals surface area contributed by atoms with Gasteiger partial charge in [0.05, 0.1) is 17.1 Å². The minimum absolute atomic E-state index is 0.279. The Labute approximate surface area is 167 Å². The summed E-state index contributed by atoms with van der Waals surface area (Å²) in [7, 11) is 0. The van der Waals surface area contributed by atoms with Crippen LogP contribution in [0.25, 0.3) is 11.1 Å². The van der Waals surface area contributed by atoms with E-state index in [0.717, 1.165) is 12.1 Å². The summed E-state index contributed by atoms with van der Waals surface area (Å²) in [6.07, 6.45) is 1.20. The van der Waals surface area contributed by atoms with E-state index in [1.165, 1.54) is 45.0 Å². The summed E-state index contributed by atoms with van der Waals surface area (Å²) < 4.78 is 0. The van der Waals surface area contributed by atoms with Gasteiger partial charge < -0.3 is 9.80 Å². The van der Waals surface area contributed by atoms with Crippen LogP contribution in [-0.2, 0) is 6.42 Å². The summed E-state index contributed by atoms with van der Waals surface area (Å²) >= 11 is 0. The highest BCUT2D eigenvalue weighted by Gasteiger charge is 2.39. The largest absolute Gasteiger partial charge is 0.347 e. The van der Waals surface area contributed by atoms with E-state index in [1.807, 2.05) is 0 Å². The molecule has 0 bridgehead atoms. The molecule has 0 radical (unpaired) electrons. The minimum Gasteiger partial charge on any atom is -0.347 e. The monoisotopic (exact) mass is 369 g/mol. The molecule has 2 aliphatic rings. The number of nitrogens with zero attached hydrogens (tertiary/aromatic N) is 3. The second kappa shape index (κ2) is 6.10. The highest BCUT2D eigenvalue weighted by molar-refractivity contribution is 5.93. The molecule has 3 nitrogen and oxygen atoms in total. The molecule has 3 aromatic rings. The second-order valence-electron chi connectivity index (χ2n) is 8.37. The molecule has 0 saturated heterocycles. The molecule has 0 amide bonds. The third-order valence-electron chi connectivity index (χ3n) is 6.23. The smallest absolute Gasteiger partial charge is 0.104 e. The summed E-state index contributed by atoms with van der Waals surface area (Å²) in [4.78, 5) is 9.93. The molecule has 142 valence electrons. The Morgan fingerprint density at radius 3 is 2.43 bits per heavy atom. The van der Waals surface area contributed by atoms with Crippen molar-refractivity contribution in [3.63, 3.8) is 0 Å². The van der Waals surface area contributed by atoms with Crippen LogP contribution in [0.15, 0.2) is 48.5 Å². The predicted molar refractivity (Wildman–Crippen MR) is 118 cm³/mol. The zero-order valence-electron chi connectivity index (χ0n) is 17.3. The number of fused-ring (bicyclic) bond motifs is 5. The van der Waals surface area contributed by atoms with Crippen LogP contribution >= 0.6 is 0 Å². The topological polar surface area (TPSA) is 19.4 Å². The average molecular weight is 370 g/mol. The molecule has 2 aromatic carbocycles. The summed E-state index contributed by atoms with van der Waals surface area (Å²) in [5.41, 5.74) is 11.7. The Bertz CT molecular complexity index is 1080. The third kappa shape index (κ3) is 2.32. The highest BCUT2D eigenvalue weighted by atomic mass is 15.4. The molecule has 1 aliphatic heterocycles. The van der Waals surface area contributed by atoms with Gasteiger partial charge in [0.15, 0.2) is 0 Å². The highest BCUT2D eigenvalue weighted by Crippen LogP contribution is 2.52. The first-order valence-electron chi connectivity index (χ1n) is 10.2. The lowest BCUT2D eigenvalue weighted by Gasteiger charge is -2.34. The van der Waals surface area contributed by atoms with Gasteiger partial charge in [-0.3, -0.25) is 4.98 Å². The summed E-state index contributed by atoms with van der Waals surface area (Å²) in [6.45, 7) is 11.2. The maximum atomic E-state index is 4.84. The summed E-state index contributed by atoms with van der Waals surface area (Å²) in [6, 6.07) is 18.1. The molecule has 0 unspecified atom stereocenters. The lowest BCUT2D eigenvalue weighted by molar-refractivity contribution is 0.605. The fourth-order valence-corrected chi connectivity index (χ4v) is 5.06. The van der Waals surface area contributed by atoms with Crippen molar-refractivity contribution in [2.75, 3.05) is 9.80 Å². The molecule has 0 saturated carbocycles. The Morgan fingerprint density at radius 1 is 0.929 bits per heavy atom. The van der Waals surface area contributed by atoms with Gasteiger partial charge in [-0.25, -0.2) is 0 Å². The van der Waals surface area contributed by atoms with Gasteiger partial charge in [0.25, 0.3) is 0 Å². The van der Waals surface area contributed by atoms with Crippen LogP contribution in [0.5, 0.6) is 0 Å². The van der Waals surface area contributed by atoms with Gasteiger partial charge in [-0.2, -0.15) is 0 Å². The van der Waals surface area contributed by atoms with Crippen LogP contribution in [-0.4, -0.2) is 17.2 Å². The number of benzene rings is 2. The van der Waals surface area contributed by atoms with E-state index < -0.39 is 0 Å². The fourth-order valence-electron chi connectivity index (χ4n) is 5.06. The molecule has 2 heterocycles. The van der Waals surface area contributed by atoms with E-state index in [2.05, 4.69) is 92.9 Å². The standard InChI is InChI=1S/C25H27N3/c1-15(2)27-18(5)28(23-9-7-6-8-16(23)3)24-13-12-19-20-11-10-17(4)26-22(20)14-21(19)25(24)27/h6-13,15,18H,14H2,1-5H3/t18-/m0/s1. The number of aromatic nitrogens is 1. The molecule has 0 fully saturated rings. The van der Waals surface area contributed by atoms with E-state index in [1.54, 1.807) is 0 Å². The third-order valence-corrected chi connectivity index (χ3v) is 6.23. The molecule has 0 N–H and O–H groups in total. The zero-order chi connectivity index (χ0) is 19.6. The first kappa shape index (κ1) is 17.3. The van der Waals surface area contributed by atoms with Crippen molar-refractivity contribution >= 4 is 17.1 Å². The maximum absolute atomic E-state index is 4.84. The number of para-hydroxylation sites is 1. The van der Waals surface area contributed by atoms with Crippen molar-refractivity contribution in [2.24, 2.45) is 0 Å². The molecule has 1 aliphatic carbocycles. The Balaban J connectivity index is 1.73. The van der Waals surface area contributed by atoms with Crippen LogP contribution in [0.2, 0.25) is 0 Å². The zero-order valence-corrected chi connectivity index (χ0v) is 17.3. The van der Waals surface area contributed by atoms with Gasteiger partial charge >= 0.3 is 0 Å². The molecular weight excluding hydrogens is 342 g/mol. The molecule has 28 heavy (non-hydrogen) atoms. The van der Waals surface area contributed by atoms with Crippen LogP contribution in [0.3, 0.4) is 0 Å². The van der Waals surface area contributed by atoms with Crippen molar-refractivity contribution in [2.45, 2.75) is 53.2 Å². The SMILES string of the molecule is Cc1ccc2c(n1)Cc1c-2ccc2c1N(C(C)C)[C@H](C)N2c1ccccc1C. The van der Waals surface area contributed by atoms with Crippen LogP contribution in [0, 0.1) is 13.8 Å². The molecule has 1 atom stereocenters. The van der Waals surface area contributed by atoms with Gasteiger partial charge in [0.1, 0.15) is 6.17 Å². The van der Waals surface area contributed by atoms with E-state index in [4.69, 9.17) is 4.98 Å². The first-order valence-corrected chi connectivity index (χ1v) is 10.2. The van der Waals surface area contributed by atoms with E-state index in [0.29, 0.717) is 6.04 Å². The van der Waals surface area contributed by atoms with E-state index >= 15 is 0 Å². The predicted octanol–water partition coefficient (Wildman–Crippen LogP) is 5.98. The lowest BCUT2D eigenvalue weighted by Crippen LogP contribution is -2.42. The van der Waals surface area contributed by atoms with Gasteiger partial charge in [0, 0.05) is 29.4 Å². The van der Waals surface area contributed by atoms with Gasteiger partial charge in [0.2, 0.25) is 0 Å². The molecular formula is C25H27N3. The number of hydrogen-bond donors (Lipinski definition) is 0. The first-order chi connectivity index (χ1) is 13.5. The van der Waals surface area contributed by atoms with Crippen LogP contribution < -0.4 is 9.80 Å². The quantitative estimate of drug-likeness (QED) is 0.433. The Hall–Kier alpha value is -2.81. The lowest BCUT2D eigenvalue weighted by atomic mass is 10.0. The maximum Gasteiger partial charge on any atom is 0.104 e. The molecule has 5 rings (SSSR count). The number of aryl methyl sites for hydroxylation is 2. The molecule has 1 aromatic heterocycles. The summed E-state index contributed by atoms with van der Waals surface area (Å²) in [5.74, 6) is 0. The van der Waals surface area contributed by atoms with E-state index in [9.17, 15) is 0 Å². The van der Waals surface area contributed by atoms with Crippen LogP contribution in [0.1, 0.15) is 43.3 Å². The number of hydrogen-bond acceptors (Lipinski definition) is 3. The van der Waals surface area contributed by atoms with E-state index in [-0.39, 0.29) is 6.17 Å². The van der Waals surface area contributed by atoms with Gasteiger partial charge in [-0.15, -0.1) is 0 Å². The molecule has 3 heteroatoms.